The van der Waals surface area contributed by atoms with Gasteiger partial charge in [-0.15, -0.1) is 0 Å². The van der Waals surface area contributed by atoms with Crippen LogP contribution in [0.25, 0.3) is 11.8 Å². The van der Waals surface area contributed by atoms with Crippen LogP contribution in [0.1, 0.15) is 11.1 Å². The van der Waals surface area contributed by atoms with Crippen LogP contribution in [0.4, 0.5) is 0 Å². The molecule has 0 amide bonds. The Hall–Kier alpha value is -3.01. The lowest BCUT2D eigenvalue weighted by atomic mass is 10.1. The van der Waals surface area contributed by atoms with E-state index in [0.717, 1.165) is 11.1 Å². The van der Waals surface area contributed by atoms with E-state index in [1.165, 1.54) is 0 Å². The molecule has 0 bridgehead atoms. The lowest BCUT2D eigenvalue weighted by Crippen LogP contribution is -1.97. The Labute approximate surface area is 134 Å². The normalized spacial score (nSPS) is 15.3. The molecule has 4 nitrogen and oxygen atoms in total. The third-order valence-electron chi connectivity index (χ3n) is 3.53. The van der Waals surface area contributed by atoms with E-state index in [1.54, 1.807) is 32.4 Å². The molecule has 116 valence electrons. The van der Waals surface area contributed by atoms with Crippen molar-refractivity contribution in [3.8, 4) is 11.5 Å². The van der Waals surface area contributed by atoms with Gasteiger partial charge in [-0.2, -0.15) is 0 Å². The van der Waals surface area contributed by atoms with Gasteiger partial charge < -0.3 is 14.2 Å². The van der Waals surface area contributed by atoms with Crippen LogP contribution in [0.15, 0.2) is 60.2 Å². The average Bonchev–Trinajstić information content (AvgIpc) is 2.97. The van der Waals surface area contributed by atoms with Crippen molar-refractivity contribution in [1.29, 1.82) is 0 Å². The second kappa shape index (κ2) is 6.40. The Kier molecular flexibility index (Phi) is 4.15. The molecule has 0 unspecified atom stereocenters. The fourth-order valence-electron chi connectivity index (χ4n) is 2.34. The summed E-state index contributed by atoms with van der Waals surface area (Å²) >= 11 is 0. The molecular weight excluding hydrogens is 292 g/mol. The lowest BCUT2D eigenvalue weighted by Gasteiger charge is -2.07. The van der Waals surface area contributed by atoms with Gasteiger partial charge in [0.2, 0.25) is 0 Å². The summed E-state index contributed by atoms with van der Waals surface area (Å²) in [5.41, 5.74) is 2.13. The highest BCUT2D eigenvalue weighted by molar-refractivity contribution is 6.05. The number of hydrogen-bond acceptors (Lipinski definition) is 4. The van der Waals surface area contributed by atoms with Gasteiger partial charge in [-0.3, -0.25) is 0 Å². The minimum atomic E-state index is -0.373. The largest absolute Gasteiger partial charge is 0.497 e. The molecule has 23 heavy (non-hydrogen) atoms. The zero-order valence-electron chi connectivity index (χ0n) is 12.9. The quantitative estimate of drug-likeness (QED) is 0.638. The third kappa shape index (κ3) is 3.11. The summed E-state index contributed by atoms with van der Waals surface area (Å²) in [6.07, 6.45) is 3.48. The van der Waals surface area contributed by atoms with E-state index in [-0.39, 0.29) is 5.97 Å². The van der Waals surface area contributed by atoms with E-state index >= 15 is 0 Å². The SMILES string of the molecule is COc1ccc(/C=C2\C=C(c3ccccc3)OC2=O)c(OC)c1. The van der Waals surface area contributed by atoms with Crippen molar-refractivity contribution in [1.82, 2.24) is 0 Å². The van der Waals surface area contributed by atoms with Crippen molar-refractivity contribution in [2.75, 3.05) is 14.2 Å². The molecule has 0 atom stereocenters. The predicted molar refractivity (Wildman–Crippen MR) is 88.0 cm³/mol. The molecule has 1 aliphatic rings. The van der Waals surface area contributed by atoms with E-state index < -0.39 is 0 Å². The lowest BCUT2D eigenvalue weighted by molar-refractivity contribution is -0.130. The van der Waals surface area contributed by atoms with E-state index in [9.17, 15) is 4.79 Å². The standard InChI is InChI=1S/C19H16O4/c1-21-16-9-8-14(17(12-16)22-2)10-15-11-18(23-19(15)20)13-6-4-3-5-7-13/h3-12H,1-2H3/b15-10+. The summed E-state index contributed by atoms with van der Waals surface area (Å²) in [5.74, 6) is 1.50. The fraction of sp³-hybridized carbons (Fsp3) is 0.105. The number of benzene rings is 2. The minimum absolute atomic E-state index is 0.373. The number of rotatable bonds is 4. The van der Waals surface area contributed by atoms with Crippen LogP contribution < -0.4 is 9.47 Å². The molecule has 0 radical (unpaired) electrons. The molecule has 3 rings (SSSR count). The fourth-order valence-corrected chi connectivity index (χ4v) is 2.34. The first-order valence-corrected chi connectivity index (χ1v) is 7.14. The van der Waals surface area contributed by atoms with Crippen molar-refractivity contribution in [3.63, 3.8) is 0 Å². The van der Waals surface area contributed by atoms with Crippen molar-refractivity contribution >= 4 is 17.8 Å². The Balaban J connectivity index is 1.96. The molecule has 4 heteroatoms. The minimum Gasteiger partial charge on any atom is -0.497 e. The van der Waals surface area contributed by atoms with Crippen molar-refractivity contribution in [2.45, 2.75) is 0 Å². The maximum atomic E-state index is 12.1. The van der Waals surface area contributed by atoms with Crippen LogP contribution in [0, 0.1) is 0 Å². The van der Waals surface area contributed by atoms with E-state index in [4.69, 9.17) is 14.2 Å². The van der Waals surface area contributed by atoms with Crippen molar-refractivity contribution < 1.29 is 19.0 Å². The first kappa shape index (κ1) is 14.9. The van der Waals surface area contributed by atoms with Gasteiger partial charge in [0.15, 0.2) is 0 Å². The van der Waals surface area contributed by atoms with Crippen LogP contribution in [0.5, 0.6) is 11.5 Å². The van der Waals surface area contributed by atoms with Gasteiger partial charge in [0.1, 0.15) is 17.3 Å². The molecule has 0 saturated carbocycles. The molecule has 1 aliphatic heterocycles. The van der Waals surface area contributed by atoms with Crippen molar-refractivity contribution in [2.24, 2.45) is 0 Å². The first-order valence-electron chi connectivity index (χ1n) is 7.14. The Morgan fingerprint density at radius 2 is 1.78 bits per heavy atom. The van der Waals surface area contributed by atoms with Crippen LogP contribution in [-0.2, 0) is 9.53 Å². The third-order valence-corrected chi connectivity index (χ3v) is 3.53. The molecular formula is C19H16O4. The summed E-state index contributed by atoms with van der Waals surface area (Å²) in [5, 5.41) is 0. The van der Waals surface area contributed by atoms with E-state index in [0.29, 0.717) is 22.8 Å². The van der Waals surface area contributed by atoms with Gasteiger partial charge in [-0.05, 0) is 24.3 Å². The zero-order chi connectivity index (χ0) is 16.2. The monoisotopic (exact) mass is 308 g/mol. The summed E-state index contributed by atoms with van der Waals surface area (Å²) in [4.78, 5) is 12.1. The summed E-state index contributed by atoms with van der Waals surface area (Å²) in [6, 6.07) is 14.9. The van der Waals surface area contributed by atoms with Crippen LogP contribution in [-0.4, -0.2) is 20.2 Å². The average molecular weight is 308 g/mol. The predicted octanol–water partition coefficient (Wildman–Crippen LogP) is 3.69. The maximum absolute atomic E-state index is 12.1. The molecule has 0 N–H and O–H groups in total. The van der Waals surface area contributed by atoms with Gasteiger partial charge in [-0.1, -0.05) is 30.3 Å². The second-order valence-electron chi connectivity index (χ2n) is 4.97. The van der Waals surface area contributed by atoms with Crippen LogP contribution >= 0.6 is 0 Å². The maximum Gasteiger partial charge on any atom is 0.343 e. The van der Waals surface area contributed by atoms with E-state index in [2.05, 4.69) is 0 Å². The number of carbonyl (C=O) groups excluding carboxylic acids is 1. The second-order valence-corrected chi connectivity index (χ2v) is 4.97. The van der Waals surface area contributed by atoms with Crippen LogP contribution in [0.2, 0.25) is 0 Å². The highest BCUT2D eigenvalue weighted by Gasteiger charge is 2.22. The molecule has 0 fully saturated rings. The molecule has 1 heterocycles. The Bertz CT molecular complexity index is 788. The highest BCUT2D eigenvalue weighted by Crippen LogP contribution is 2.31. The Morgan fingerprint density at radius 3 is 2.48 bits per heavy atom. The molecule has 0 aliphatic carbocycles. The zero-order valence-corrected chi connectivity index (χ0v) is 12.9. The molecule has 0 saturated heterocycles. The number of cyclic esters (lactones) is 1. The molecule has 2 aromatic carbocycles. The van der Waals surface area contributed by atoms with Gasteiger partial charge in [0.05, 0.1) is 19.8 Å². The Morgan fingerprint density at radius 1 is 1.00 bits per heavy atom. The highest BCUT2D eigenvalue weighted by atomic mass is 16.5. The first-order chi connectivity index (χ1) is 11.2. The molecule has 0 aromatic heterocycles. The number of carbonyl (C=O) groups is 1. The van der Waals surface area contributed by atoms with E-state index in [1.807, 2.05) is 42.5 Å². The molecule has 0 spiro atoms. The number of esters is 1. The molecule has 2 aromatic rings. The number of hydrogen-bond donors (Lipinski definition) is 0. The van der Waals surface area contributed by atoms with Crippen molar-refractivity contribution in [3.05, 3.63) is 71.3 Å². The smallest absolute Gasteiger partial charge is 0.343 e. The topological polar surface area (TPSA) is 44.8 Å². The summed E-state index contributed by atoms with van der Waals surface area (Å²) in [6.45, 7) is 0. The summed E-state index contributed by atoms with van der Waals surface area (Å²) < 4.78 is 15.9. The van der Waals surface area contributed by atoms with Gasteiger partial charge in [0, 0.05) is 17.2 Å². The number of methoxy groups -OCH3 is 2. The van der Waals surface area contributed by atoms with Gasteiger partial charge >= 0.3 is 5.97 Å². The van der Waals surface area contributed by atoms with Gasteiger partial charge in [-0.25, -0.2) is 4.79 Å². The van der Waals surface area contributed by atoms with Crippen LogP contribution in [0.3, 0.4) is 0 Å². The summed E-state index contributed by atoms with van der Waals surface area (Å²) in [7, 11) is 3.17. The van der Waals surface area contributed by atoms with Gasteiger partial charge in [0.25, 0.3) is 0 Å². The number of ether oxygens (including phenoxy) is 3.